The van der Waals surface area contributed by atoms with Crippen molar-refractivity contribution in [1.82, 2.24) is 62.6 Å². The first-order valence-electron chi connectivity index (χ1n) is 34.9. The van der Waals surface area contributed by atoms with Crippen LogP contribution in [0.4, 0.5) is 5.82 Å². The molecule has 2 aliphatic heterocycles. The summed E-state index contributed by atoms with van der Waals surface area (Å²) in [7, 11) is 0. The van der Waals surface area contributed by atoms with Crippen LogP contribution < -0.4 is 76.5 Å². The highest BCUT2D eigenvalue weighted by Gasteiger charge is 2.43. The van der Waals surface area contributed by atoms with E-state index >= 15 is 0 Å². The van der Waals surface area contributed by atoms with Crippen LogP contribution in [0.3, 0.4) is 0 Å². The van der Waals surface area contributed by atoms with Crippen LogP contribution in [0.25, 0.3) is 0 Å². The van der Waals surface area contributed by atoms with Crippen LogP contribution in [-0.2, 0) is 75.2 Å². The molecule has 36 heteroatoms. The Labute approximate surface area is 612 Å². The van der Waals surface area contributed by atoms with E-state index in [0.717, 1.165) is 0 Å². The molecule has 0 spiro atoms. The number of nitrogens with zero attached hydrogens (tertiary/aromatic N) is 5. The van der Waals surface area contributed by atoms with Gasteiger partial charge in [-0.2, -0.15) is 11.8 Å². The Morgan fingerprint density at radius 3 is 1.54 bits per heavy atom. The molecular formula is C69H100N20O15S. The Hall–Kier alpha value is -10.7. The summed E-state index contributed by atoms with van der Waals surface area (Å²) in [6.45, 7) is 3.38. The number of carboxylic acids is 1. The summed E-state index contributed by atoms with van der Waals surface area (Å²) >= 11 is 1.39. The molecule has 2 aliphatic rings. The van der Waals surface area contributed by atoms with Crippen LogP contribution >= 0.6 is 11.8 Å². The van der Waals surface area contributed by atoms with E-state index in [2.05, 4.69) is 62.9 Å². The fourth-order valence-corrected chi connectivity index (χ4v) is 12.4. The first-order valence-corrected chi connectivity index (χ1v) is 36.3. The number of aromatic nitrogens is 1. The van der Waals surface area contributed by atoms with Crippen molar-refractivity contribution in [1.29, 1.82) is 5.53 Å². The van der Waals surface area contributed by atoms with Crippen molar-refractivity contribution >= 4 is 106 Å². The maximum absolute atomic E-state index is 14.8. The molecule has 0 unspecified atom stereocenters. The number of hydrogen-bond donors (Lipinski definition) is 16. The number of nitrogens with one attached hydrogen (secondary N) is 10. The molecule has 0 radical (unpaired) electrons. The van der Waals surface area contributed by atoms with Crippen molar-refractivity contribution in [3.63, 3.8) is 0 Å². The molecule has 0 saturated carbocycles. The second-order valence-electron chi connectivity index (χ2n) is 26.0. The molecule has 10 atom stereocenters. The van der Waals surface area contributed by atoms with Gasteiger partial charge >= 0.3 is 5.97 Å². The number of rotatable bonds is 45. The standard InChI is InChI=1S/C69H100N20O15S/c1-40(2)35-49(62(97)84-48(68(103)104)29-34-105-3)79-57(92)39-78-59(94)50(36-41-15-6-4-7-16-41)85-63(98)51(37-42-17-8-5-9-18-42)86-61(96)44(24-26-54(71)90)80-60(95)45(25-27-55(72)91)81-64(99)52-21-13-32-88(52)66(101)46(19-10-11-30-70)83-65(100)53-22-14-33-89(53)67(102)47(20-12-31-76-69(73)74)82-58(93)43-23-28-56(87-75)77-38-43/h4-9,15-18,23,28,38,40,44-53,75H,10-14,19-22,24-27,29-37,39,70H2,1-3H3,(H2,71,90)(H2,72,91)(H,78,94)(H,79,92)(H,80,95)(H,81,99)(H,82,93)(H,83,100)(H,84,97)(H,85,98)(H,86,96)(H,103,104)(H4,73,74,76)/t44-,45-,46-,47-,48-,49-,50-,51-,52-,53-/m0/s1. The number of carbonyl (C=O) groups excluding carboxylic acids is 13. The third kappa shape index (κ3) is 28.8. The summed E-state index contributed by atoms with van der Waals surface area (Å²) in [5.74, 6) is -11.8. The monoisotopic (exact) mass is 1480 g/mol. The molecule has 35 nitrogen and oxygen atoms in total. The molecule has 5 rings (SSSR count). The highest BCUT2D eigenvalue weighted by Crippen LogP contribution is 2.24. The summed E-state index contributed by atoms with van der Waals surface area (Å²) in [6, 6.07) is 6.07. The Bertz CT molecular complexity index is 3520. The topological polar surface area (TPSA) is 566 Å². The van der Waals surface area contributed by atoms with Crippen LogP contribution in [0.5, 0.6) is 0 Å². The average Bonchev–Trinajstić information content (AvgIpc) is 1.71. The third-order valence-electron chi connectivity index (χ3n) is 17.4. The van der Waals surface area contributed by atoms with Crippen LogP contribution in [0.2, 0.25) is 0 Å². The van der Waals surface area contributed by atoms with Gasteiger partial charge in [0, 0.05) is 51.5 Å². The predicted molar refractivity (Wildman–Crippen MR) is 386 cm³/mol. The lowest BCUT2D eigenvalue weighted by Gasteiger charge is -2.32. The number of aliphatic carboxylic acids is 1. The summed E-state index contributed by atoms with van der Waals surface area (Å²) in [5.41, 5.74) is 36.4. The van der Waals surface area contributed by atoms with Gasteiger partial charge in [0.05, 0.1) is 12.1 Å². The lowest BCUT2D eigenvalue weighted by Crippen LogP contribution is -2.60. The number of aliphatic imine (C=N–C) groups is 1. The Morgan fingerprint density at radius 2 is 1.06 bits per heavy atom. The summed E-state index contributed by atoms with van der Waals surface area (Å²) < 4.78 is 0. The fourth-order valence-electron chi connectivity index (χ4n) is 11.9. The number of thioether (sulfide) groups is 1. The number of guanidine groups is 1. The Kier molecular flexibility index (Phi) is 35.7. The minimum atomic E-state index is -1.68. The van der Waals surface area contributed by atoms with Crippen molar-refractivity contribution in [2.24, 2.45) is 44.7 Å². The molecular weight excluding hydrogens is 1380 g/mol. The number of primary amides is 2. The average molecular weight is 1480 g/mol. The van der Waals surface area contributed by atoms with Crippen LogP contribution in [-0.4, -0.2) is 214 Å². The zero-order valence-electron chi connectivity index (χ0n) is 59.3. The van der Waals surface area contributed by atoms with E-state index < -0.39 is 175 Å². The molecule has 0 aliphatic carbocycles. The molecule has 3 aromatic rings. The predicted octanol–water partition coefficient (Wildman–Crippen LogP) is -1.58. The van der Waals surface area contributed by atoms with Gasteiger partial charge in [-0.15, -0.1) is 5.11 Å². The van der Waals surface area contributed by atoms with Gasteiger partial charge in [-0.25, -0.2) is 15.3 Å². The number of amides is 13. The van der Waals surface area contributed by atoms with Gasteiger partial charge in [0.1, 0.15) is 60.4 Å². The van der Waals surface area contributed by atoms with Crippen molar-refractivity contribution < 1.29 is 72.2 Å². The molecule has 3 heterocycles. The summed E-state index contributed by atoms with van der Waals surface area (Å²) in [4.78, 5) is 204. The van der Waals surface area contributed by atoms with Crippen molar-refractivity contribution in [3.05, 3.63) is 95.7 Å². The van der Waals surface area contributed by atoms with Crippen molar-refractivity contribution in [2.75, 3.05) is 44.7 Å². The van der Waals surface area contributed by atoms with E-state index in [1.165, 1.54) is 39.9 Å². The lowest BCUT2D eigenvalue weighted by molar-refractivity contribution is -0.144. The van der Waals surface area contributed by atoms with Gasteiger partial charge in [0.15, 0.2) is 11.8 Å². The van der Waals surface area contributed by atoms with Gasteiger partial charge in [-0.3, -0.25) is 67.3 Å². The highest BCUT2D eigenvalue weighted by atomic mass is 32.2. The highest BCUT2D eigenvalue weighted by molar-refractivity contribution is 7.98. The van der Waals surface area contributed by atoms with Gasteiger partial charge < -0.3 is 91.4 Å². The van der Waals surface area contributed by atoms with Gasteiger partial charge in [0.25, 0.3) is 5.91 Å². The Morgan fingerprint density at radius 1 is 0.571 bits per heavy atom. The molecule has 21 N–H and O–H groups in total. The molecule has 0 bridgehead atoms. The first-order chi connectivity index (χ1) is 50.1. The molecule has 2 fully saturated rings. The minimum Gasteiger partial charge on any atom is -0.480 e. The molecule has 572 valence electrons. The number of likely N-dealkylation sites (tertiary alicyclic amines) is 2. The SMILES string of the molecule is CSCC[C@H](NC(=O)[C@H](CC(C)C)NC(=O)CNC(=O)[C@H](Cc1ccccc1)NC(=O)[C@H](Cc1ccccc1)NC(=O)[C@H](CCC(N)=O)NC(=O)[C@H](CCC(N)=O)NC(=O)[C@@H]1CCCN1C(=O)[C@H](CCCCN)NC(=O)[C@@H]1CCCN1C(=O)[C@H](CCCN=C(N)N)NC(=O)c1ccc(N=N)nc1)C(=O)O. The molecule has 105 heavy (non-hydrogen) atoms. The molecule has 1 aromatic heterocycles. The molecule has 13 amide bonds. The number of pyridine rings is 1. The first kappa shape index (κ1) is 85.0. The van der Waals surface area contributed by atoms with Gasteiger partial charge in [0.2, 0.25) is 70.9 Å². The number of carbonyl (C=O) groups is 14. The van der Waals surface area contributed by atoms with E-state index in [4.69, 9.17) is 34.2 Å². The van der Waals surface area contributed by atoms with E-state index in [0.29, 0.717) is 36.1 Å². The number of carboxylic acid groups (broad SMARTS) is 1. The fraction of sp³-hybridized carbons (Fsp3) is 0.536. The van der Waals surface area contributed by atoms with Gasteiger partial charge in [-0.05, 0) is 131 Å². The van der Waals surface area contributed by atoms with Crippen LogP contribution in [0.15, 0.2) is 89.1 Å². The smallest absolute Gasteiger partial charge is 0.326 e. The maximum atomic E-state index is 14.8. The number of unbranched alkanes of at least 4 members (excludes halogenated alkanes) is 1. The quantitative estimate of drug-likeness (QED) is 0.0131. The van der Waals surface area contributed by atoms with Crippen molar-refractivity contribution in [2.45, 2.75) is 183 Å². The normalized spacial score (nSPS) is 16.2. The minimum absolute atomic E-state index is 0.0177. The number of benzene rings is 2. The summed E-state index contributed by atoms with van der Waals surface area (Å²) in [5, 5.41) is 36.6. The zero-order valence-corrected chi connectivity index (χ0v) is 60.1. The number of hydrogen-bond acceptors (Lipinski definition) is 20. The van der Waals surface area contributed by atoms with Crippen LogP contribution in [0, 0.1) is 11.4 Å². The van der Waals surface area contributed by atoms with Crippen molar-refractivity contribution in [3.8, 4) is 0 Å². The third-order valence-corrected chi connectivity index (χ3v) is 18.0. The summed E-state index contributed by atoms with van der Waals surface area (Å²) in [6.07, 6.45) is 3.01. The van der Waals surface area contributed by atoms with E-state index in [-0.39, 0.29) is 114 Å². The lowest BCUT2D eigenvalue weighted by atomic mass is 10.0. The maximum Gasteiger partial charge on any atom is 0.326 e. The molecule has 2 saturated heterocycles. The van der Waals surface area contributed by atoms with Gasteiger partial charge in [-0.1, -0.05) is 74.5 Å². The van der Waals surface area contributed by atoms with E-state index in [9.17, 15) is 72.2 Å². The number of nitrogens with two attached hydrogens (primary N) is 5. The molecule has 2 aromatic carbocycles. The zero-order chi connectivity index (χ0) is 77.1. The van der Waals surface area contributed by atoms with Crippen LogP contribution in [0.1, 0.15) is 132 Å². The second-order valence-corrected chi connectivity index (χ2v) is 27.0. The van der Waals surface area contributed by atoms with E-state index in [1.54, 1.807) is 80.8 Å². The largest absolute Gasteiger partial charge is 0.480 e. The second kappa shape index (κ2) is 44.1. The van der Waals surface area contributed by atoms with E-state index in [1.807, 2.05) is 0 Å². The Balaban J connectivity index is 1.35.